The molecule has 0 heterocycles. The standard InChI is InChI=1S/Ba.H2O4Se.2H/c;1-5(2,3)4;;/h;(H2,1,2,3,4);;/q+2;;2*-1. The summed E-state index contributed by atoms with van der Waals surface area (Å²) in [6.07, 6.45) is 0. The Bertz CT molecular complexity index is 97.2. The van der Waals surface area contributed by atoms with Crippen LogP contribution in [0.15, 0.2) is 0 Å². The first-order valence-electron chi connectivity index (χ1n) is 0.698. The summed E-state index contributed by atoms with van der Waals surface area (Å²) in [5, 5.41) is 0. The van der Waals surface area contributed by atoms with Gasteiger partial charge in [0.2, 0.25) is 0 Å². The van der Waals surface area contributed by atoms with Crippen molar-refractivity contribution in [1.82, 2.24) is 0 Å². The first-order valence-corrected chi connectivity index (χ1v) is 3.63. The molecule has 0 aromatic carbocycles. The minimum atomic E-state index is -5.25. The molecule has 0 unspecified atom stereocenters. The van der Waals surface area contributed by atoms with Crippen molar-refractivity contribution >= 4 is 62.2 Å². The van der Waals surface area contributed by atoms with Crippen molar-refractivity contribution in [2.24, 2.45) is 0 Å². The molecule has 36 valence electrons. The number of rotatable bonds is 0. The second-order valence-electron chi connectivity index (χ2n) is 0.448. The van der Waals surface area contributed by atoms with Crippen molar-refractivity contribution in [2.45, 2.75) is 0 Å². The summed E-state index contributed by atoms with van der Waals surface area (Å²) in [5.41, 5.74) is 0. The summed E-state index contributed by atoms with van der Waals surface area (Å²) < 4.78 is 31.9. The van der Waals surface area contributed by atoms with E-state index in [0.29, 0.717) is 0 Å². The van der Waals surface area contributed by atoms with Crippen molar-refractivity contribution in [1.29, 1.82) is 0 Å². The van der Waals surface area contributed by atoms with Gasteiger partial charge >= 0.3 is 78.3 Å². The van der Waals surface area contributed by atoms with E-state index >= 15 is 0 Å². The molecule has 0 aliphatic carbocycles. The normalized spacial score (nSPS) is 9.67. The van der Waals surface area contributed by atoms with Gasteiger partial charge in [-0.25, -0.2) is 0 Å². The quantitative estimate of drug-likeness (QED) is 0.510. The first kappa shape index (κ1) is 10.6. The maximum absolute atomic E-state index is 8.82. The smallest absolute Gasteiger partial charge is 1.00 e. The summed E-state index contributed by atoms with van der Waals surface area (Å²) in [6, 6.07) is 0. The van der Waals surface area contributed by atoms with Gasteiger partial charge in [-0.15, -0.1) is 0 Å². The van der Waals surface area contributed by atoms with Gasteiger partial charge in [-0.05, 0) is 0 Å². The van der Waals surface area contributed by atoms with Crippen molar-refractivity contribution in [3.8, 4) is 0 Å². The van der Waals surface area contributed by atoms with Gasteiger partial charge in [0.25, 0.3) is 0 Å². The Morgan fingerprint density at radius 2 is 1.33 bits per heavy atom. The van der Waals surface area contributed by atoms with E-state index in [4.69, 9.17) is 16.0 Å². The Balaban J connectivity index is -0.0000000267. The van der Waals surface area contributed by atoms with Crippen molar-refractivity contribution in [2.75, 3.05) is 0 Å². The van der Waals surface area contributed by atoms with Gasteiger partial charge in [0.05, 0.1) is 0 Å². The molecule has 0 spiro atoms. The summed E-state index contributed by atoms with van der Waals surface area (Å²) in [5.74, 6) is 0. The molecule has 0 aromatic heterocycles. The Hall–Kier alpha value is 1.61. The zero-order valence-electron chi connectivity index (χ0n) is 4.83. The fraction of sp³-hybridized carbons (Fsp3) is 0. The Morgan fingerprint density at radius 3 is 1.33 bits per heavy atom. The van der Waals surface area contributed by atoms with E-state index in [1.165, 1.54) is 0 Å². The average Bonchev–Trinajstić information content (AvgIpc) is 0.722. The van der Waals surface area contributed by atoms with Crippen LogP contribution in [-0.2, 0) is 7.67 Å². The van der Waals surface area contributed by atoms with Crippen LogP contribution in [0.2, 0.25) is 0 Å². The third kappa shape index (κ3) is 46.0. The number of hydrogen-bond acceptors (Lipinski definition) is 2. The topological polar surface area (TPSA) is 74.6 Å². The van der Waals surface area contributed by atoms with E-state index < -0.39 is 13.4 Å². The van der Waals surface area contributed by atoms with Crippen molar-refractivity contribution in [3.63, 3.8) is 0 Å². The molecule has 0 bridgehead atoms. The largest absolute Gasteiger partial charge is 2.00 e. The summed E-state index contributed by atoms with van der Waals surface area (Å²) in [6.45, 7) is 0. The second kappa shape index (κ2) is 3.59. The Labute approximate surface area is 79.9 Å². The van der Waals surface area contributed by atoms with E-state index in [1.54, 1.807) is 0 Å². The van der Waals surface area contributed by atoms with E-state index in [-0.39, 0.29) is 51.7 Å². The van der Waals surface area contributed by atoms with Crippen LogP contribution in [0.3, 0.4) is 0 Å². The maximum atomic E-state index is 8.82. The molecule has 2 N–H and O–H groups in total. The van der Waals surface area contributed by atoms with Gasteiger partial charge in [0.1, 0.15) is 0 Å². The van der Waals surface area contributed by atoms with Gasteiger partial charge in [0.15, 0.2) is 0 Å². The molecule has 0 aromatic rings. The van der Waals surface area contributed by atoms with E-state index in [9.17, 15) is 0 Å². The van der Waals surface area contributed by atoms with Crippen LogP contribution in [0.5, 0.6) is 0 Å². The van der Waals surface area contributed by atoms with E-state index in [0.717, 1.165) is 0 Å². The molecule has 6 heteroatoms. The van der Waals surface area contributed by atoms with Crippen LogP contribution in [0.25, 0.3) is 0 Å². The third-order valence-corrected chi connectivity index (χ3v) is 0. The molecule has 0 fully saturated rings. The summed E-state index contributed by atoms with van der Waals surface area (Å²) in [7, 11) is 0. The molecule has 0 radical (unpaired) electrons. The Kier molecular flexibility index (Phi) is 6.33. The molecule has 0 saturated heterocycles. The fourth-order valence-corrected chi connectivity index (χ4v) is 0. The monoisotopic (exact) mass is 286 g/mol. The van der Waals surface area contributed by atoms with E-state index in [1.807, 2.05) is 0 Å². The zero-order chi connectivity index (χ0) is 4.50. The molecule has 0 atom stereocenters. The third-order valence-electron chi connectivity index (χ3n) is 0. The van der Waals surface area contributed by atoms with Crippen LogP contribution < -0.4 is 0 Å². The fourth-order valence-electron chi connectivity index (χ4n) is 0. The SMILES string of the molecule is O=[Se](=O)(O)O.[Ba+2].[H-].[H-]. The predicted molar refractivity (Wildman–Crippen MR) is 19.5 cm³/mol. The minimum absolute atomic E-state index is 0. The molecule has 0 aliphatic rings. The molecular weight excluding hydrogens is 280 g/mol. The molecule has 0 amide bonds. The van der Waals surface area contributed by atoms with Crippen LogP contribution in [0.4, 0.5) is 0 Å². The van der Waals surface area contributed by atoms with Crippen LogP contribution >= 0.6 is 0 Å². The summed E-state index contributed by atoms with van der Waals surface area (Å²) >= 11 is -5.25. The second-order valence-corrected chi connectivity index (χ2v) is 2.33. The van der Waals surface area contributed by atoms with Gasteiger partial charge in [-0.2, -0.15) is 0 Å². The minimum Gasteiger partial charge on any atom is -1.00 e. The van der Waals surface area contributed by atoms with Gasteiger partial charge in [-0.3, -0.25) is 0 Å². The molecular formula is H4BaO4Se. The molecule has 6 heavy (non-hydrogen) atoms. The van der Waals surface area contributed by atoms with Crippen LogP contribution in [0, 0.1) is 0 Å². The maximum Gasteiger partial charge on any atom is 2.00 e. The van der Waals surface area contributed by atoms with E-state index in [2.05, 4.69) is 0 Å². The number of hydrogen-bond donors (Lipinski definition) is 2. The Morgan fingerprint density at radius 1 is 1.33 bits per heavy atom. The zero-order valence-corrected chi connectivity index (χ0v) is 8.98. The van der Waals surface area contributed by atoms with Gasteiger partial charge < -0.3 is 2.85 Å². The van der Waals surface area contributed by atoms with Gasteiger partial charge in [0, 0.05) is 0 Å². The first-order chi connectivity index (χ1) is 2.00. The predicted octanol–water partition coefficient (Wildman–Crippen LogP) is -1.89. The molecule has 0 aliphatic heterocycles. The molecule has 4 nitrogen and oxygen atoms in total. The van der Waals surface area contributed by atoms with Crippen molar-refractivity contribution in [3.05, 3.63) is 0 Å². The van der Waals surface area contributed by atoms with Gasteiger partial charge in [-0.1, -0.05) is 0 Å². The molecule has 0 rings (SSSR count). The van der Waals surface area contributed by atoms with Crippen LogP contribution in [0.1, 0.15) is 2.85 Å². The van der Waals surface area contributed by atoms with Crippen molar-refractivity contribution < 1.29 is 18.9 Å². The average molecular weight is 284 g/mol. The van der Waals surface area contributed by atoms with Crippen LogP contribution in [-0.4, -0.2) is 70.6 Å². The molecule has 0 saturated carbocycles. The summed E-state index contributed by atoms with van der Waals surface area (Å²) in [4.78, 5) is 0.